The number of guanidine groups is 1. The number of carboxylic acids is 1. The van der Waals surface area contributed by atoms with Crippen molar-refractivity contribution in [3.05, 3.63) is 41.5 Å². The lowest BCUT2D eigenvalue weighted by Crippen LogP contribution is -2.46. The normalized spacial score (nSPS) is 12.5. The molecule has 2 amide bonds. The van der Waals surface area contributed by atoms with Gasteiger partial charge in [-0.25, -0.2) is 9.59 Å². The average molecular weight is 434 g/mol. The zero-order chi connectivity index (χ0) is 22.8. The molecule has 31 heavy (non-hydrogen) atoms. The predicted octanol–water partition coefficient (Wildman–Crippen LogP) is -0.467. The minimum Gasteiger partial charge on any atom is -0.508 e. The highest BCUT2D eigenvalue weighted by Crippen LogP contribution is 2.16. The van der Waals surface area contributed by atoms with E-state index in [1.54, 1.807) is 24.3 Å². The Morgan fingerprint density at radius 3 is 2.58 bits per heavy atom. The Morgan fingerprint density at radius 2 is 1.94 bits per heavy atom. The van der Waals surface area contributed by atoms with E-state index in [1.165, 1.54) is 0 Å². The van der Waals surface area contributed by atoms with Gasteiger partial charge < -0.3 is 42.2 Å². The zero-order valence-electron chi connectivity index (χ0n) is 16.7. The fraction of sp³-hybridized carbons (Fsp3) is 0.389. The highest BCUT2D eigenvalue weighted by atomic mass is 16.5. The number of aromatic hydroxyl groups is 1. The van der Waals surface area contributed by atoms with Crippen LogP contribution < -0.4 is 27.4 Å². The standard InChI is InChI=1S/C18H26N8O5/c19-12(8-10-3-5-11(27)6-4-10)15-25-14(31-26-15)9-23-18(30)24-13(16(28)29)2-1-7-22-17(20)21/h3-6,12-13,27H,1-2,7-9,19H2,(H,28,29)(H4,20,21,22)(H2,23,24,30)/t12-,13-/m0/s1. The van der Waals surface area contributed by atoms with Gasteiger partial charge >= 0.3 is 12.0 Å². The first-order valence-electron chi connectivity index (χ1n) is 9.45. The lowest BCUT2D eigenvalue weighted by molar-refractivity contribution is -0.139. The number of rotatable bonds is 11. The second kappa shape index (κ2) is 11.3. The number of hydrogen-bond donors (Lipinski definition) is 8. The Bertz CT molecular complexity index is 885. The number of aliphatic carboxylic acids is 1. The monoisotopic (exact) mass is 434 g/mol. The number of carbonyl (C=O) groups is 2. The Labute approximate surface area is 177 Å². The van der Waals surface area contributed by atoms with Gasteiger partial charge in [-0.2, -0.15) is 4.98 Å². The maximum Gasteiger partial charge on any atom is 0.326 e. The lowest BCUT2D eigenvalue weighted by atomic mass is 10.1. The molecule has 0 aliphatic heterocycles. The summed E-state index contributed by atoms with van der Waals surface area (Å²) in [6, 6.07) is 4.21. The quantitative estimate of drug-likeness (QED) is 0.129. The SMILES string of the molecule is N=C(N)NCCC[C@H](NC(=O)NCc1nc([C@@H](N)Cc2ccc(O)cc2)no1)C(=O)O. The van der Waals surface area contributed by atoms with Crippen LogP contribution in [0, 0.1) is 5.41 Å². The molecular weight excluding hydrogens is 408 g/mol. The third-order valence-electron chi connectivity index (χ3n) is 4.20. The summed E-state index contributed by atoms with van der Waals surface area (Å²) in [4.78, 5) is 27.4. The molecule has 168 valence electrons. The molecule has 2 rings (SSSR count). The largest absolute Gasteiger partial charge is 0.508 e. The topological polar surface area (TPSA) is 225 Å². The number of carboxylic acid groups (broad SMARTS) is 1. The van der Waals surface area contributed by atoms with Gasteiger partial charge in [-0.3, -0.25) is 5.41 Å². The van der Waals surface area contributed by atoms with Gasteiger partial charge in [0.1, 0.15) is 11.8 Å². The molecule has 0 fully saturated rings. The van der Waals surface area contributed by atoms with E-state index in [2.05, 4.69) is 26.1 Å². The number of carbonyl (C=O) groups excluding carboxylic acids is 1. The molecule has 13 heteroatoms. The van der Waals surface area contributed by atoms with Crippen LogP contribution in [0.4, 0.5) is 4.79 Å². The molecule has 0 aliphatic carbocycles. The predicted molar refractivity (Wildman–Crippen MR) is 109 cm³/mol. The maximum absolute atomic E-state index is 12.0. The Morgan fingerprint density at radius 1 is 1.23 bits per heavy atom. The van der Waals surface area contributed by atoms with Crippen LogP contribution in [0.15, 0.2) is 28.8 Å². The lowest BCUT2D eigenvalue weighted by Gasteiger charge is -2.14. The zero-order valence-corrected chi connectivity index (χ0v) is 16.7. The number of hydrogen-bond acceptors (Lipinski definition) is 8. The number of nitrogens with one attached hydrogen (secondary N) is 4. The van der Waals surface area contributed by atoms with Crippen molar-refractivity contribution in [3.8, 4) is 5.75 Å². The summed E-state index contributed by atoms with van der Waals surface area (Å²) >= 11 is 0. The number of aromatic nitrogens is 2. The number of urea groups is 1. The van der Waals surface area contributed by atoms with E-state index in [0.29, 0.717) is 19.4 Å². The van der Waals surface area contributed by atoms with Crippen LogP contribution in [0.5, 0.6) is 5.75 Å². The average Bonchev–Trinajstić information content (AvgIpc) is 3.19. The van der Waals surface area contributed by atoms with Gasteiger partial charge in [0.2, 0.25) is 5.89 Å². The minimum absolute atomic E-state index is 0.108. The first-order chi connectivity index (χ1) is 14.7. The highest BCUT2D eigenvalue weighted by molar-refractivity contribution is 5.82. The van der Waals surface area contributed by atoms with Crippen LogP contribution in [-0.2, 0) is 17.8 Å². The molecule has 0 saturated heterocycles. The molecule has 0 bridgehead atoms. The van der Waals surface area contributed by atoms with Crippen molar-refractivity contribution in [2.24, 2.45) is 11.5 Å². The molecule has 10 N–H and O–H groups in total. The third-order valence-corrected chi connectivity index (χ3v) is 4.20. The van der Waals surface area contributed by atoms with Gasteiger partial charge in [0.15, 0.2) is 11.8 Å². The molecule has 0 saturated carbocycles. The Kier molecular flexibility index (Phi) is 8.57. The molecule has 13 nitrogen and oxygen atoms in total. The summed E-state index contributed by atoms with van der Waals surface area (Å²) in [5, 5.41) is 36.7. The van der Waals surface area contributed by atoms with E-state index >= 15 is 0 Å². The number of nitrogens with two attached hydrogens (primary N) is 2. The summed E-state index contributed by atoms with van der Waals surface area (Å²) < 4.78 is 5.07. The second-order valence-electron chi connectivity index (χ2n) is 6.72. The van der Waals surface area contributed by atoms with Crippen molar-refractivity contribution in [2.75, 3.05) is 6.54 Å². The molecule has 0 radical (unpaired) electrons. The van der Waals surface area contributed by atoms with Crippen LogP contribution in [-0.4, -0.2) is 50.9 Å². The maximum atomic E-state index is 12.0. The Hall–Kier alpha value is -3.87. The molecule has 0 unspecified atom stereocenters. The van der Waals surface area contributed by atoms with E-state index < -0.39 is 24.1 Å². The Balaban J connectivity index is 1.79. The first-order valence-corrected chi connectivity index (χ1v) is 9.45. The van der Waals surface area contributed by atoms with Crippen LogP contribution in [0.2, 0.25) is 0 Å². The molecule has 2 atom stereocenters. The van der Waals surface area contributed by atoms with Gasteiger partial charge in [-0.05, 0) is 37.0 Å². The van der Waals surface area contributed by atoms with Crippen LogP contribution in [0.1, 0.15) is 36.2 Å². The van der Waals surface area contributed by atoms with E-state index in [4.69, 9.17) is 21.4 Å². The van der Waals surface area contributed by atoms with E-state index in [0.717, 1.165) is 5.56 Å². The van der Waals surface area contributed by atoms with Gasteiger partial charge in [-0.15, -0.1) is 0 Å². The minimum atomic E-state index is -1.18. The van der Waals surface area contributed by atoms with Gasteiger partial charge in [0.05, 0.1) is 12.6 Å². The molecule has 1 aromatic heterocycles. The molecule has 1 heterocycles. The molecule has 0 spiro atoms. The van der Waals surface area contributed by atoms with Crippen molar-refractivity contribution in [3.63, 3.8) is 0 Å². The number of phenols is 1. The van der Waals surface area contributed by atoms with E-state index in [9.17, 15) is 19.8 Å². The fourth-order valence-corrected chi connectivity index (χ4v) is 2.62. The summed E-state index contributed by atoms with van der Waals surface area (Å²) in [6.07, 6.45) is 0.967. The smallest absolute Gasteiger partial charge is 0.326 e. The van der Waals surface area contributed by atoms with Crippen molar-refractivity contribution >= 4 is 18.0 Å². The number of nitrogens with zero attached hydrogens (tertiary/aromatic N) is 2. The van der Waals surface area contributed by atoms with Crippen LogP contribution in [0.3, 0.4) is 0 Å². The summed E-state index contributed by atoms with van der Waals surface area (Å²) in [6.45, 7) is 0.209. The van der Waals surface area contributed by atoms with Gasteiger partial charge in [-0.1, -0.05) is 17.3 Å². The van der Waals surface area contributed by atoms with Crippen molar-refractivity contribution in [1.29, 1.82) is 5.41 Å². The third kappa shape index (κ3) is 8.18. The van der Waals surface area contributed by atoms with Crippen LogP contribution >= 0.6 is 0 Å². The van der Waals surface area contributed by atoms with Crippen LogP contribution in [0.25, 0.3) is 0 Å². The summed E-state index contributed by atoms with van der Waals surface area (Å²) in [5.41, 5.74) is 12.1. The van der Waals surface area contributed by atoms with Gasteiger partial charge in [0.25, 0.3) is 0 Å². The molecular formula is C18H26N8O5. The highest BCUT2D eigenvalue weighted by Gasteiger charge is 2.20. The fourth-order valence-electron chi connectivity index (χ4n) is 2.62. The van der Waals surface area contributed by atoms with Crippen molar-refractivity contribution in [1.82, 2.24) is 26.1 Å². The number of benzene rings is 1. The summed E-state index contributed by atoms with van der Waals surface area (Å²) in [5.74, 6) is -0.866. The summed E-state index contributed by atoms with van der Waals surface area (Å²) in [7, 11) is 0. The second-order valence-corrected chi connectivity index (χ2v) is 6.72. The van der Waals surface area contributed by atoms with E-state index in [1.807, 2.05) is 0 Å². The number of phenolic OH excluding ortho intramolecular Hbond substituents is 1. The molecule has 2 aromatic rings. The van der Waals surface area contributed by atoms with Gasteiger partial charge in [0, 0.05) is 6.54 Å². The molecule has 0 aliphatic rings. The molecule has 1 aromatic carbocycles. The first kappa shape index (κ1) is 23.4. The van der Waals surface area contributed by atoms with Crippen molar-refractivity contribution < 1.29 is 24.3 Å². The number of amides is 2. The van der Waals surface area contributed by atoms with Crippen molar-refractivity contribution in [2.45, 2.75) is 37.9 Å². The van der Waals surface area contributed by atoms with E-state index in [-0.39, 0.29) is 36.4 Å².